The van der Waals surface area contributed by atoms with E-state index in [0.29, 0.717) is 31.2 Å². The maximum Gasteiger partial charge on any atom is 0.534 e. The molecule has 0 unspecified atom stereocenters. The van der Waals surface area contributed by atoms with E-state index < -0.39 is 61.2 Å². The smallest absolute Gasteiger partial charge is 0.485 e. The van der Waals surface area contributed by atoms with Crippen molar-refractivity contribution in [3.8, 4) is 11.5 Å². The van der Waals surface area contributed by atoms with Gasteiger partial charge in [-0.15, -0.1) is 0 Å². The molecule has 1 aliphatic heterocycles. The molecule has 2 amide bonds. The number of aromatic nitrogens is 1. The molecule has 1 aromatic heterocycles. The van der Waals surface area contributed by atoms with Crippen molar-refractivity contribution in [2.45, 2.75) is 69.6 Å². The first kappa shape index (κ1) is 33.7. The summed E-state index contributed by atoms with van der Waals surface area (Å²) in [7, 11) is -5.99. The molecule has 0 spiro atoms. The molecule has 0 radical (unpaired) electrons. The van der Waals surface area contributed by atoms with Crippen molar-refractivity contribution in [2.24, 2.45) is 0 Å². The van der Waals surface area contributed by atoms with Crippen molar-refractivity contribution in [1.29, 1.82) is 0 Å². The van der Waals surface area contributed by atoms with Crippen LogP contribution in [0.1, 0.15) is 61.5 Å². The number of nitro benzene ring substituents is 1. The van der Waals surface area contributed by atoms with Crippen LogP contribution in [0.15, 0.2) is 42.6 Å². The first-order chi connectivity index (χ1) is 21.8. The van der Waals surface area contributed by atoms with Gasteiger partial charge in [0.05, 0.1) is 22.0 Å². The van der Waals surface area contributed by atoms with Crippen molar-refractivity contribution in [1.82, 2.24) is 15.2 Å². The molecule has 1 aliphatic carbocycles. The van der Waals surface area contributed by atoms with Gasteiger partial charge in [-0.2, -0.15) is 21.6 Å². The van der Waals surface area contributed by atoms with Gasteiger partial charge in [0.25, 0.3) is 5.91 Å². The number of nitrogens with zero attached hydrogens (tertiary/aromatic N) is 3. The van der Waals surface area contributed by atoms with Gasteiger partial charge in [-0.3, -0.25) is 19.9 Å². The van der Waals surface area contributed by atoms with Crippen molar-refractivity contribution in [3.05, 3.63) is 69.4 Å². The average Bonchev–Trinajstić information content (AvgIpc) is 3.70. The highest BCUT2D eigenvalue weighted by Crippen LogP contribution is 2.49. The lowest BCUT2D eigenvalue weighted by Gasteiger charge is -2.40. The van der Waals surface area contributed by atoms with E-state index in [4.69, 9.17) is 9.47 Å². The van der Waals surface area contributed by atoms with E-state index in [1.165, 1.54) is 30.2 Å². The Morgan fingerprint density at radius 2 is 1.87 bits per heavy atom. The maximum absolute atomic E-state index is 13.7. The molecule has 3 aromatic rings. The summed E-state index contributed by atoms with van der Waals surface area (Å²) in [5.41, 5.74) is -7.21. The van der Waals surface area contributed by atoms with Gasteiger partial charge in [0.15, 0.2) is 5.75 Å². The SMILES string of the molecule is Cc1cc([N+](=O)[O-])c(OC[C@@H]2CCN2C(=O)OC(C)(C)C)cc1C(=O)NC1(c2cc(OS(=O)(=O)C(F)(F)F)cc3ncccc23)CC1. The van der Waals surface area contributed by atoms with Gasteiger partial charge in [-0.1, -0.05) is 6.07 Å². The van der Waals surface area contributed by atoms with Crippen LogP contribution in [0.5, 0.6) is 11.5 Å². The second-order valence-electron chi connectivity index (χ2n) is 12.4. The molecule has 1 saturated heterocycles. The Morgan fingerprint density at radius 1 is 1.17 bits per heavy atom. The summed E-state index contributed by atoms with van der Waals surface area (Å²) in [6.07, 6.45) is 2.08. The van der Waals surface area contributed by atoms with Crippen LogP contribution in [0.4, 0.5) is 23.7 Å². The molecule has 2 fully saturated rings. The summed E-state index contributed by atoms with van der Waals surface area (Å²) in [6.45, 7) is 7.01. The molecule has 1 saturated carbocycles. The fraction of sp³-hybridized carbons (Fsp3) is 0.433. The third-order valence-corrected chi connectivity index (χ3v) is 8.73. The molecule has 17 heteroatoms. The Kier molecular flexibility index (Phi) is 8.49. The van der Waals surface area contributed by atoms with Crippen LogP contribution in [0.3, 0.4) is 0 Å². The number of hydrogen-bond donors (Lipinski definition) is 1. The molecule has 2 heterocycles. The van der Waals surface area contributed by atoms with Gasteiger partial charge in [0.2, 0.25) is 0 Å². The van der Waals surface area contributed by atoms with E-state index in [1.807, 2.05) is 0 Å². The van der Waals surface area contributed by atoms with E-state index in [0.717, 1.165) is 12.1 Å². The van der Waals surface area contributed by atoms with Gasteiger partial charge in [-0.05, 0) is 70.2 Å². The minimum Gasteiger partial charge on any atom is -0.485 e. The lowest BCUT2D eigenvalue weighted by Crippen LogP contribution is -2.55. The van der Waals surface area contributed by atoms with Crippen LogP contribution in [-0.2, 0) is 20.4 Å². The lowest BCUT2D eigenvalue weighted by molar-refractivity contribution is -0.386. The number of alkyl halides is 3. The zero-order valence-corrected chi connectivity index (χ0v) is 26.5. The van der Waals surface area contributed by atoms with Gasteiger partial charge >= 0.3 is 27.4 Å². The minimum atomic E-state index is -5.99. The van der Waals surface area contributed by atoms with Crippen molar-refractivity contribution < 1.29 is 49.8 Å². The average molecular weight is 681 g/mol. The molecule has 252 valence electrons. The maximum atomic E-state index is 13.7. The monoisotopic (exact) mass is 680 g/mol. The number of aryl methyl sites for hydroxylation is 1. The number of pyridine rings is 1. The fourth-order valence-electron chi connectivity index (χ4n) is 5.18. The summed E-state index contributed by atoms with van der Waals surface area (Å²) in [5.74, 6) is -1.50. The first-order valence-corrected chi connectivity index (χ1v) is 15.8. The Bertz CT molecular complexity index is 1870. The first-order valence-electron chi connectivity index (χ1n) is 14.4. The van der Waals surface area contributed by atoms with Crippen LogP contribution in [0.2, 0.25) is 0 Å². The largest absolute Gasteiger partial charge is 0.534 e. The Balaban J connectivity index is 1.41. The number of carbonyl (C=O) groups is 2. The zero-order valence-electron chi connectivity index (χ0n) is 25.7. The molecule has 2 aliphatic rings. The number of benzene rings is 2. The molecular formula is C30H31F3N4O9S. The molecule has 5 rings (SSSR count). The quantitative estimate of drug-likeness (QED) is 0.132. The highest BCUT2D eigenvalue weighted by Gasteiger charge is 2.50. The van der Waals surface area contributed by atoms with E-state index in [1.54, 1.807) is 32.9 Å². The van der Waals surface area contributed by atoms with Gasteiger partial charge in [0.1, 0.15) is 18.0 Å². The second kappa shape index (κ2) is 11.8. The van der Waals surface area contributed by atoms with Gasteiger partial charge < -0.3 is 23.9 Å². The summed E-state index contributed by atoms with van der Waals surface area (Å²) in [5, 5.41) is 15.2. The Hall–Kier alpha value is -4.67. The van der Waals surface area contributed by atoms with Crippen molar-refractivity contribution >= 4 is 38.7 Å². The molecule has 1 atom stereocenters. The predicted molar refractivity (Wildman–Crippen MR) is 160 cm³/mol. The van der Waals surface area contributed by atoms with Crippen molar-refractivity contribution in [2.75, 3.05) is 13.2 Å². The molecule has 2 aromatic carbocycles. The molecule has 0 bridgehead atoms. The van der Waals surface area contributed by atoms with E-state index in [9.17, 15) is 41.3 Å². The normalized spacial score (nSPS) is 17.4. The van der Waals surface area contributed by atoms with E-state index >= 15 is 0 Å². The highest BCUT2D eigenvalue weighted by molar-refractivity contribution is 7.88. The molecule has 47 heavy (non-hydrogen) atoms. The Morgan fingerprint density at radius 3 is 2.45 bits per heavy atom. The predicted octanol–water partition coefficient (Wildman–Crippen LogP) is 5.49. The number of carbonyl (C=O) groups excluding carboxylic acids is 2. The topological polar surface area (TPSA) is 167 Å². The minimum absolute atomic E-state index is 0.0315. The number of hydrogen-bond acceptors (Lipinski definition) is 10. The lowest BCUT2D eigenvalue weighted by atomic mass is 9.97. The summed E-state index contributed by atoms with van der Waals surface area (Å²) in [4.78, 5) is 43.0. The number of halogens is 3. The van der Waals surface area contributed by atoms with Gasteiger partial charge in [0, 0.05) is 41.9 Å². The number of nitro groups is 1. The Labute approximate surface area is 267 Å². The number of amides is 2. The van der Waals surface area contributed by atoms with E-state index in [-0.39, 0.29) is 34.6 Å². The van der Waals surface area contributed by atoms with Gasteiger partial charge in [-0.25, -0.2) is 4.79 Å². The zero-order chi connectivity index (χ0) is 34.5. The second-order valence-corrected chi connectivity index (χ2v) is 13.9. The van der Waals surface area contributed by atoms with Crippen LogP contribution < -0.4 is 14.2 Å². The fourth-order valence-corrected chi connectivity index (χ4v) is 5.63. The number of rotatable bonds is 9. The van der Waals surface area contributed by atoms with E-state index in [2.05, 4.69) is 14.5 Å². The molecular weight excluding hydrogens is 649 g/mol. The number of ether oxygens (including phenoxy) is 2. The highest BCUT2D eigenvalue weighted by atomic mass is 32.2. The van der Waals surface area contributed by atoms with Crippen LogP contribution in [0, 0.1) is 17.0 Å². The number of likely N-dealkylation sites (tertiary alicyclic amines) is 1. The number of fused-ring (bicyclic) bond motifs is 1. The van der Waals surface area contributed by atoms with Crippen LogP contribution >= 0.6 is 0 Å². The summed E-state index contributed by atoms with van der Waals surface area (Å²) >= 11 is 0. The van der Waals surface area contributed by atoms with Crippen molar-refractivity contribution in [3.63, 3.8) is 0 Å². The third-order valence-electron chi connectivity index (χ3n) is 7.75. The third kappa shape index (κ3) is 7.03. The molecule has 1 N–H and O–H groups in total. The number of nitrogens with one attached hydrogen (secondary N) is 1. The molecule has 13 nitrogen and oxygen atoms in total. The van der Waals surface area contributed by atoms with Crippen LogP contribution in [0.25, 0.3) is 10.9 Å². The summed E-state index contributed by atoms with van der Waals surface area (Å²) in [6, 6.07) is 7.37. The standard InChI is InChI=1S/C30H31F3N4O9S/c1-17-12-24(37(40)41)25(44-16-18-7-11-36(18)27(39)45-28(2,3)4)15-21(17)26(38)35-29(8-9-29)22-13-19(46-47(42,43)30(31,32)33)14-23-20(22)6-5-10-34-23/h5-6,10,12-15,18H,7-9,11,16H2,1-4H3,(H,35,38)/t18-/m0/s1. The summed E-state index contributed by atoms with van der Waals surface area (Å²) < 4.78 is 78.2. The van der Waals surface area contributed by atoms with Crippen LogP contribution in [-0.4, -0.2) is 65.5 Å².